The molecule has 5 nitrogen and oxygen atoms in total. The Morgan fingerprint density at radius 1 is 0.931 bits per heavy atom. The van der Waals surface area contributed by atoms with Gasteiger partial charge in [0.25, 0.3) is 5.88 Å². The summed E-state index contributed by atoms with van der Waals surface area (Å²) in [4.78, 5) is 4.24. The van der Waals surface area contributed by atoms with E-state index in [-0.39, 0.29) is 5.75 Å². The number of pyridine rings is 1. The van der Waals surface area contributed by atoms with Crippen LogP contribution in [-0.2, 0) is 6.42 Å². The summed E-state index contributed by atoms with van der Waals surface area (Å²) in [7, 11) is 0. The van der Waals surface area contributed by atoms with Gasteiger partial charge in [-0.3, -0.25) is 4.98 Å². The number of benzene rings is 2. The Hall–Kier alpha value is -3.55. The van der Waals surface area contributed by atoms with Crippen LogP contribution >= 0.6 is 0 Å². The molecular weight excluding hydrogens is 385 g/mol. The summed E-state index contributed by atoms with van der Waals surface area (Å²) in [5, 5.41) is 4.63. The fourth-order valence-electron chi connectivity index (χ4n) is 2.85. The van der Waals surface area contributed by atoms with Gasteiger partial charge in [0.15, 0.2) is 5.58 Å². The molecule has 0 radical (unpaired) electrons. The molecule has 2 aromatic heterocycles. The highest BCUT2D eigenvalue weighted by molar-refractivity contribution is 5.87. The average molecular weight is 400 g/mol. The molecule has 0 aliphatic rings. The molecule has 8 heteroatoms. The maximum atomic E-state index is 12.3. The van der Waals surface area contributed by atoms with Crippen LogP contribution in [0.1, 0.15) is 5.69 Å². The van der Waals surface area contributed by atoms with E-state index in [1.54, 1.807) is 30.5 Å². The molecule has 0 unspecified atom stereocenters. The van der Waals surface area contributed by atoms with E-state index in [0.717, 1.165) is 16.8 Å². The van der Waals surface area contributed by atoms with Crippen LogP contribution in [0.25, 0.3) is 22.1 Å². The van der Waals surface area contributed by atoms with Gasteiger partial charge in [0.1, 0.15) is 5.75 Å². The molecule has 0 amide bonds. The Labute approximate surface area is 163 Å². The van der Waals surface area contributed by atoms with Crippen LogP contribution in [0.2, 0.25) is 0 Å². The van der Waals surface area contributed by atoms with Crippen molar-refractivity contribution >= 4 is 11.0 Å². The fraction of sp³-hybridized carbons (Fsp3) is 0.143. The van der Waals surface area contributed by atoms with Gasteiger partial charge in [-0.1, -0.05) is 24.3 Å². The minimum atomic E-state index is -4.72. The maximum Gasteiger partial charge on any atom is 0.573 e. The minimum Gasteiger partial charge on any atom is -0.475 e. The van der Waals surface area contributed by atoms with Crippen LogP contribution in [0.15, 0.2) is 71.4 Å². The van der Waals surface area contributed by atoms with Crippen molar-refractivity contribution in [3.8, 4) is 22.8 Å². The smallest absolute Gasteiger partial charge is 0.475 e. The molecule has 0 aliphatic carbocycles. The number of halogens is 3. The lowest BCUT2D eigenvalue weighted by molar-refractivity contribution is -0.274. The van der Waals surface area contributed by atoms with Crippen molar-refractivity contribution < 1.29 is 27.2 Å². The van der Waals surface area contributed by atoms with Gasteiger partial charge in [0, 0.05) is 18.3 Å². The van der Waals surface area contributed by atoms with Gasteiger partial charge in [-0.25, -0.2) is 0 Å². The van der Waals surface area contributed by atoms with Crippen LogP contribution in [0.5, 0.6) is 11.6 Å². The van der Waals surface area contributed by atoms with Crippen LogP contribution in [-0.4, -0.2) is 23.1 Å². The van der Waals surface area contributed by atoms with Crippen molar-refractivity contribution in [1.29, 1.82) is 0 Å². The molecule has 0 saturated carbocycles. The first-order valence-electron chi connectivity index (χ1n) is 8.76. The van der Waals surface area contributed by atoms with E-state index >= 15 is 0 Å². The van der Waals surface area contributed by atoms with Gasteiger partial charge in [0.2, 0.25) is 0 Å². The van der Waals surface area contributed by atoms with Crippen LogP contribution in [0.3, 0.4) is 0 Å². The van der Waals surface area contributed by atoms with Crippen molar-refractivity contribution in [3.05, 3.63) is 72.6 Å². The predicted octanol–water partition coefficient (Wildman–Crippen LogP) is 5.41. The van der Waals surface area contributed by atoms with Crippen molar-refractivity contribution in [2.75, 3.05) is 6.61 Å². The zero-order valence-electron chi connectivity index (χ0n) is 15.0. The summed E-state index contributed by atoms with van der Waals surface area (Å²) >= 11 is 0. The Kier molecular flexibility index (Phi) is 5.07. The standard InChI is InChI=1S/C21H15F3N2O3/c22-21(23,24)28-17-7-4-14(5-8-17)15-6-9-19-18(13-15)20(26-29-19)27-12-10-16-3-1-2-11-25-16/h1-9,11,13H,10,12H2. The number of fused-ring (bicyclic) bond motifs is 1. The van der Waals surface area contributed by atoms with Gasteiger partial charge in [-0.15, -0.1) is 13.2 Å². The number of ether oxygens (including phenoxy) is 2. The number of hydrogen-bond donors (Lipinski definition) is 0. The monoisotopic (exact) mass is 400 g/mol. The highest BCUT2D eigenvalue weighted by Crippen LogP contribution is 2.31. The zero-order chi connectivity index (χ0) is 20.3. The molecule has 2 aromatic carbocycles. The van der Waals surface area contributed by atoms with Gasteiger partial charge in [0.05, 0.1) is 12.0 Å². The lowest BCUT2D eigenvalue weighted by atomic mass is 10.0. The Morgan fingerprint density at radius 3 is 2.45 bits per heavy atom. The highest BCUT2D eigenvalue weighted by atomic mass is 19.4. The second-order valence-electron chi connectivity index (χ2n) is 6.19. The molecule has 4 rings (SSSR count). The quantitative estimate of drug-likeness (QED) is 0.433. The number of nitrogens with zero attached hydrogens (tertiary/aromatic N) is 2. The molecule has 0 saturated heterocycles. The van der Waals surface area contributed by atoms with Gasteiger partial charge in [-0.2, -0.15) is 0 Å². The molecular formula is C21H15F3N2O3. The molecule has 0 bridgehead atoms. The van der Waals surface area contributed by atoms with E-state index in [9.17, 15) is 13.2 Å². The summed E-state index contributed by atoms with van der Waals surface area (Å²) in [6.07, 6.45) is -2.38. The second-order valence-corrected chi connectivity index (χ2v) is 6.19. The van der Waals surface area contributed by atoms with Gasteiger partial charge < -0.3 is 14.0 Å². The number of hydrogen-bond acceptors (Lipinski definition) is 5. The highest BCUT2D eigenvalue weighted by Gasteiger charge is 2.30. The third-order valence-corrected chi connectivity index (χ3v) is 4.18. The van der Waals surface area contributed by atoms with Crippen molar-refractivity contribution in [2.45, 2.75) is 12.8 Å². The molecule has 0 atom stereocenters. The number of alkyl halides is 3. The van der Waals surface area contributed by atoms with Crippen LogP contribution in [0.4, 0.5) is 13.2 Å². The molecule has 0 N–H and O–H groups in total. The average Bonchev–Trinajstić information content (AvgIpc) is 3.10. The van der Waals surface area contributed by atoms with Crippen molar-refractivity contribution in [3.63, 3.8) is 0 Å². The maximum absolute atomic E-state index is 12.3. The summed E-state index contributed by atoms with van der Waals surface area (Å²) in [6.45, 7) is 0.381. The Morgan fingerprint density at radius 2 is 1.72 bits per heavy atom. The third kappa shape index (κ3) is 4.66. The summed E-state index contributed by atoms with van der Waals surface area (Å²) in [5.74, 6) is 0.0839. The first kappa shape index (κ1) is 18.8. The molecule has 0 fully saturated rings. The van der Waals surface area contributed by atoms with E-state index in [0.29, 0.717) is 29.9 Å². The van der Waals surface area contributed by atoms with Crippen molar-refractivity contribution in [1.82, 2.24) is 10.1 Å². The fourth-order valence-corrected chi connectivity index (χ4v) is 2.85. The summed E-state index contributed by atoms with van der Waals surface area (Å²) in [5.41, 5.74) is 2.97. The lowest BCUT2D eigenvalue weighted by Gasteiger charge is -2.09. The van der Waals surface area contributed by atoms with Crippen LogP contribution in [0, 0.1) is 0 Å². The van der Waals surface area contributed by atoms with Gasteiger partial charge >= 0.3 is 6.36 Å². The molecule has 4 aromatic rings. The first-order chi connectivity index (χ1) is 14.0. The zero-order valence-corrected chi connectivity index (χ0v) is 15.0. The molecule has 29 heavy (non-hydrogen) atoms. The molecule has 148 valence electrons. The van der Waals surface area contributed by atoms with Crippen LogP contribution < -0.4 is 9.47 Å². The molecule has 2 heterocycles. The van der Waals surface area contributed by atoms with E-state index in [2.05, 4.69) is 14.9 Å². The molecule has 0 aliphatic heterocycles. The Bertz CT molecular complexity index is 1090. The van der Waals surface area contributed by atoms with E-state index in [4.69, 9.17) is 9.26 Å². The topological polar surface area (TPSA) is 57.4 Å². The van der Waals surface area contributed by atoms with E-state index < -0.39 is 6.36 Å². The van der Waals surface area contributed by atoms with E-state index in [1.807, 2.05) is 24.3 Å². The normalized spacial score (nSPS) is 11.6. The molecule has 0 spiro atoms. The van der Waals surface area contributed by atoms with E-state index in [1.165, 1.54) is 12.1 Å². The largest absolute Gasteiger partial charge is 0.573 e. The minimum absolute atomic E-state index is 0.272. The third-order valence-electron chi connectivity index (χ3n) is 4.18. The van der Waals surface area contributed by atoms with Gasteiger partial charge in [-0.05, 0) is 52.7 Å². The summed E-state index contributed by atoms with van der Waals surface area (Å²) < 4.78 is 51.8. The SMILES string of the molecule is FC(F)(F)Oc1ccc(-c2ccc3onc(OCCc4ccccn4)c3c2)cc1. The second kappa shape index (κ2) is 7.83. The van der Waals surface area contributed by atoms with Crippen molar-refractivity contribution in [2.24, 2.45) is 0 Å². The lowest BCUT2D eigenvalue weighted by Crippen LogP contribution is -2.16. The predicted molar refractivity (Wildman–Crippen MR) is 99.6 cm³/mol. The Balaban J connectivity index is 1.50. The summed E-state index contributed by atoms with van der Waals surface area (Å²) in [6, 6.07) is 16.7. The number of aromatic nitrogens is 2. The first-order valence-corrected chi connectivity index (χ1v) is 8.76. The number of rotatable bonds is 6.